The molecule has 6 heteroatoms. The fraction of sp³-hybridized carbons (Fsp3) is 0.857. The van der Waals surface area contributed by atoms with Crippen molar-refractivity contribution in [2.24, 2.45) is 5.41 Å². The summed E-state index contributed by atoms with van der Waals surface area (Å²) < 4.78 is 5.50. The Morgan fingerprint density at radius 2 is 2.25 bits per heavy atom. The molecule has 0 aromatic rings. The van der Waals surface area contributed by atoms with Crippen LogP contribution < -0.4 is 5.32 Å². The summed E-state index contributed by atoms with van der Waals surface area (Å²) >= 11 is 0. The van der Waals surface area contributed by atoms with Crippen molar-refractivity contribution in [2.45, 2.75) is 45.1 Å². The van der Waals surface area contributed by atoms with Crippen molar-refractivity contribution in [1.29, 1.82) is 0 Å². The van der Waals surface area contributed by atoms with Crippen molar-refractivity contribution in [3.05, 3.63) is 0 Å². The molecule has 2 aliphatic rings. The van der Waals surface area contributed by atoms with E-state index in [1.54, 1.807) is 11.8 Å². The first-order valence-electron chi connectivity index (χ1n) is 7.39. The minimum Gasteiger partial charge on any atom is -0.481 e. The van der Waals surface area contributed by atoms with Crippen molar-refractivity contribution in [3.8, 4) is 0 Å². The van der Waals surface area contributed by atoms with Crippen molar-refractivity contribution >= 4 is 12.0 Å². The molecule has 20 heavy (non-hydrogen) atoms. The Morgan fingerprint density at radius 1 is 1.45 bits per heavy atom. The predicted octanol–water partition coefficient (Wildman–Crippen LogP) is 1.45. The lowest BCUT2D eigenvalue weighted by Gasteiger charge is -2.37. The molecule has 2 saturated heterocycles. The summed E-state index contributed by atoms with van der Waals surface area (Å²) in [5.74, 6) is -0.825. The number of rotatable bonds is 4. The molecule has 2 fully saturated rings. The Balaban J connectivity index is 1.75. The predicted molar refractivity (Wildman–Crippen MR) is 73.5 cm³/mol. The number of urea groups is 1. The molecular formula is C14H24N2O4. The summed E-state index contributed by atoms with van der Waals surface area (Å²) in [7, 11) is 0. The van der Waals surface area contributed by atoms with E-state index in [0.29, 0.717) is 19.5 Å². The number of carbonyl (C=O) groups is 2. The lowest BCUT2D eigenvalue weighted by Crippen LogP contribution is -2.51. The van der Waals surface area contributed by atoms with Crippen molar-refractivity contribution in [3.63, 3.8) is 0 Å². The molecule has 2 aliphatic heterocycles. The van der Waals surface area contributed by atoms with Crippen LogP contribution in [0.25, 0.3) is 0 Å². The van der Waals surface area contributed by atoms with Gasteiger partial charge in [0.15, 0.2) is 0 Å². The first-order chi connectivity index (χ1) is 9.51. The molecular weight excluding hydrogens is 260 g/mol. The molecule has 2 N–H and O–H groups in total. The standard InChI is InChI=1S/C14H24N2O4/c1-14(12(17)18)6-3-8-16(10-14)13(19)15-7-5-11-4-2-9-20-11/h11H,2-10H2,1H3,(H,15,19)(H,17,18). The first-order valence-corrected chi connectivity index (χ1v) is 7.39. The maximum atomic E-state index is 12.1. The zero-order chi connectivity index (χ0) is 14.6. The van der Waals surface area contributed by atoms with Gasteiger partial charge in [0.1, 0.15) is 0 Å². The number of ether oxygens (including phenoxy) is 1. The first kappa shape index (κ1) is 15.1. The molecule has 114 valence electrons. The third kappa shape index (κ3) is 3.62. The van der Waals surface area contributed by atoms with Gasteiger partial charge in [-0.25, -0.2) is 4.79 Å². The van der Waals surface area contributed by atoms with Crippen LogP contribution >= 0.6 is 0 Å². The molecule has 6 nitrogen and oxygen atoms in total. The number of carboxylic acid groups (broad SMARTS) is 1. The van der Waals surface area contributed by atoms with E-state index in [2.05, 4.69) is 5.32 Å². The SMILES string of the molecule is CC1(C(=O)O)CCCN(C(=O)NCCC2CCCO2)C1. The molecule has 0 aromatic heterocycles. The van der Waals surface area contributed by atoms with Gasteiger partial charge in [-0.05, 0) is 39.0 Å². The van der Waals surface area contributed by atoms with Crippen molar-refractivity contribution in [2.75, 3.05) is 26.2 Å². The number of hydrogen-bond donors (Lipinski definition) is 2. The van der Waals surface area contributed by atoms with Crippen LogP contribution in [0, 0.1) is 5.41 Å². The number of piperidine rings is 1. The molecule has 2 rings (SSSR count). The Bertz CT molecular complexity index is 368. The van der Waals surface area contributed by atoms with E-state index in [1.807, 2.05) is 0 Å². The number of carboxylic acids is 1. The van der Waals surface area contributed by atoms with E-state index in [9.17, 15) is 14.7 Å². The number of nitrogens with one attached hydrogen (secondary N) is 1. The third-order valence-corrected chi connectivity index (χ3v) is 4.27. The highest BCUT2D eigenvalue weighted by Crippen LogP contribution is 2.29. The number of carbonyl (C=O) groups excluding carboxylic acids is 1. The van der Waals surface area contributed by atoms with Gasteiger partial charge >= 0.3 is 12.0 Å². The Labute approximate surface area is 119 Å². The van der Waals surface area contributed by atoms with Gasteiger partial charge in [-0.15, -0.1) is 0 Å². The minimum absolute atomic E-state index is 0.157. The fourth-order valence-electron chi connectivity index (χ4n) is 2.91. The maximum Gasteiger partial charge on any atom is 0.317 e. The topological polar surface area (TPSA) is 78.9 Å². The van der Waals surface area contributed by atoms with E-state index < -0.39 is 11.4 Å². The molecule has 0 spiro atoms. The second kappa shape index (κ2) is 6.43. The van der Waals surface area contributed by atoms with Gasteiger partial charge in [0, 0.05) is 26.2 Å². The van der Waals surface area contributed by atoms with E-state index in [4.69, 9.17) is 4.74 Å². The largest absolute Gasteiger partial charge is 0.481 e. The third-order valence-electron chi connectivity index (χ3n) is 4.27. The molecule has 0 saturated carbocycles. The van der Waals surface area contributed by atoms with Gasteiger partial charge in [-0.2, -0.15) is 0 Å². The van der Waals surface area contributed by atoms with Crippen LogP contribution in [0.15, 0.2) is 0 Å². The number of nitrogens with zero attached hydrogens (tertiary/aromatic N) is 1. The summed E-state index contributed by atoms with van der Waals surface area (Å²) in [5, 5.41) is 12.1. The highest BCUT2D eigenvalue weighted by Gasteiger charge is 2.39. The van der Waals surface area contributed by atoms with Gasteiger partial charge in [0.2, 0.25) is 0 Å². The van der Waals surface area contributed by atoms with Crippen LogP contribution in [0.1, 0.15) is 39.0 Å². The Kier molecular flexibility index (Phi) is 4.86. The summed E-state index contributed by atoms with van der Waals surface area (Å²) in [6.07, 6.45) is 4.62. The summed E-state index contributed by atoms with van der Waals surface area (Å²) in [4.78, 5) is 24.9. The van der Waals surface area contributed by atoms with E-state index in [0.717, 1.165) is 32.3 Å². The maximum absolute atomic E-state index is 12.1. The van der Waals surface area contributed by atoms with Gasteiger partial charge in [-0.1, -0.05) is 0 Å². The number of amides is 2. The Morgan fingerprint density at radius 3 is 2.90 bits per heavy atom. The average molecular weight is 284 g/mol. The molecule has 0 aliphatic carbocycles. The van der Waals surface area contributed by atoms with E-state index >= 15 is 0 Å². The quantitative estimate of drug-likeness (QED) is 0.819. The fourth-order valence-corrected chi connectivity index (χ4v) is 2.91. The number of likely N-dealkylation sites (tertiary alicyclic amines) is 1. The molecule has 0 aromatic carbocycles. The zero-order valence-corrected chi connectivity index (χ0v) is 12.1. The van der Waals surface area contributed by atoms with Crippen molar-refractivity contribution < 1.29 is 19.4 Å². The normalized spacial score (nSPS) is 30.2. The Hall–Kier alpha value is -1.30. The minimum atomic E-state index is -0.825. The monoisotopic (exact) mass is 284 g/mol. The van der Waals surface area contributed by atoms with Crippen LogP contribution in [0.5, 0.6) is 0 Å². The highest BCUT2D eigenvalue weighted by atomic mass is 16.5. The second-order valence-electron chi connectivity index (χ2n) is 6.05. The van der Waals surface area contributed by atoms with Gasteiger partial charge in [0.25, 0.3) is 0 Å². The molecule has 2 heterocycles. The van der Waals surface area contributed by atoms with Gasteiger partial charge < -0.3 is 20.1 Å². The second-order valence-corrected chi connectivity index (χ2v) is 6.05. The molecule has 0 bridgehead atoms. The number of hydrogen-bond acceptors (Lipinski definition) is 3. The highest BCUT2D eigenvalue weighted by molar-refractivity contribution is 5.78. The van der Waals surface area contributed by atoms with Crippen LogP contribution in [0.4, 0.5) is 4.79 Å². The summed E-state index contributed by atoms with van der Waals surface area (Å²) in [6, 6.07) is -0.157. The van der Waals surface area contributed by atoms with Crippen LogP contribution in [-0.4, -0.2) is 54.4 Å². The van der Waals surface area contributed by atoms with Crippen LogP contribution in [0.3, 0.4) is 0 Å². The summed E-state index contributed by atoms with van der Waals surface area (Å²) in [6.45, 7) is 4.04. The van der Waals surface area contributed by atoms with Gasteiger partial charge in [0.05, 0.1) is 11.5 Å². The average Bonchev–Trinajstić information content (AvgIpc) is 2.91. The van der Waals surface area contributed by atoms with Crippen LogP contribution in [0.2, 0.25) is 0 Å². The zero-order valence-electron chi connectivity index (χ0n) is 12.1. The van der Waals surface area contributed by atoms with Crippen LogP contribution in [-0.2, 0) is 9.53 Å². The molecule has 2 amide bonds. The van der Waals surface area contributed by atoms with E-state index in [-0.39, 0.29) is 18.7 Å². The van der Waals surface area contributed by atoms with Crippen molar-refractivity contribution in [1.82, 2.24) is 10.2 Å². The lowest BCUT2D eigenvalue weighted by atomic mass is 9.82. The molecule has 2 atom stereocenters. The lowest BCUT2D eigenvalue weighted by molar-refractivity contribution is -0.150. The van der Waals surface area contributed by atoms with Gasteiger partial charge in [-0.3, -0.25) is 4.79 Å². The van der Waals surface area contributed by atoms with E-state index in [1.165, 1.54) is 0 Å². The molecule has 2 unspecified atom stereocenters. The smallest absolute Gasteiger partial charge is 0.317 e. The number of aliphatic carboxylic acids is 1. The molecule has 0 radical (unpaired) electrons. The summed E-state index contributed by atoms with van der Waals surface area (Å²) in [5.41, 5.74) is -0.815.